The Hall–Kier alpha value is -2.24. The molecule has 0 unspecified atom stereocenters. The topological polar surface area (TPSA) is 58.6 Å². The van der Waals surface area contributed by atoms with Gasteiger partial charge in [0.1, 0.15) is 5.75 Å². The van der Waals surface area contributed by atoms with E-state index in [1.807, 2.05) is 12.1 Å². The number of rotatable bonds is 6. The number of para-hydroxylation sites is 1. The van der Waals surface area contributed by atoms with E-state index < -0.39 is 0 Å². The number of benzene rings is 2. The number of amides is 2. The summed E-state index contributed by atoms with van der Waals surface area (Å²) in [5.74, 6) is 0.173. The summed E-state index contributed by atoms with van der Waals surface area (Å²) in [5, 5.41) is 3.31. The Bertz CT molecular complexity index is 743. The lowest BCUT2D eigenvalue weighted by Crippen LogP contribution is -2.35. The van der Waals surface area contributed by atoms with E-state index in [0.717, 1.165) is 11.3 Å². The van der Waals surface area contributed by atoms with Crippen molar-refractivity contribution in [1.29, 1.82) is 0 Å². The number of nitrogens with one attached hydrogen (secondary N) is 1. The average molecular weight is 381 g/mol. The Morgan fingerprint density at radius 1 is 1.08 bits per heavy atom. The van der Waals surface area contributed by atoms with Crippen LogP contribution in [0.3, 0.4) is 0 Å². The number of methoxy groups -OCH3 is 1. The van der Waals surface area contributed by atoms with Crippen LogP contribution >= 0.6 is 23.2 Å². The molecule has 0 aliphatic rings. The Labute approximate surface area is 156 Å². The molecule has 2 rings (SSSR count). The number of hydrogen-bond acceptors (Lipinski definition) is 3. The molecule has 0 aliphatic carbocycles. The Morgan fingerprint density at radius 3 is 2.24 bits per heavy atom. The number of halogens is 2. The summed E-state index contributed by atoms with van der Waals surface area (Å²) in [4.78, 5) is 25.7. The second kappa shape index (κ2) is 8.74. The first-order chi connectivity index (χ1) is 11.9. The quantitative estimate of drug-likeness (QED) is 0.831. The third kappa shape index (κ3) is 5.37. The molecule has 0 spiro atoms. The Kier molecular flexibility index (Phi) is 6.67. The van der Waals surface area contributed by atoms with Crippen LogP contribution < -0.4 is 10.1 Å². The van der Waals surface area contributed by atoms with Gasteiger partial charge in [0.2, 0.25) is 11.8 Å². The Morgan fingerprint density at radius 2 is 1.68 bits per heavy atom. The zero-order valence-corrected chi connectivity index (χ0v) is 15.4. The van der Waals surface area contributed by atoms with Crippen LogP contribution in [0.5, 0.6) is 5.75 Å². The number of anilines is 1. The second-order valence-electron chi connectivity index (χ2n) is 5.42. The van der Waals surface area contributed by atoms with E-state index in [1.54, 1.807) is 44.5 Å². The Balaban J connectivity index is 1.92. The summed E-state index contributed by atoms with van der Waals surface area (Å²) in [6.45, 7) is -0.101. The summed E-state index contributed by atoms with van der Waals surface area (Å²) in [7, 11) is 3.15. The molecule has 2 aromatic carbocycles. The summed E-state index contributed by atoms with van der Waals surface area (Å²) in [6, 6.07) is 12.1. The van der Waals surface area contributed by atoms with Gasteiger partial charge >= 0.3 is 0 Å². The summed E-state index contributed by atoms with van der Waals surface area (Å²) < 4.78 is 5.08. The zero-order chi connectivity index (χ0) is 18.4. The highest BCUT2D eigenvalue weighted by molar-refractivity contribution is 6.39. The van der Waals surface area contributed by atoms with Gasteiger partial charge in [-0.1, -0.05) is 41.4 Å². The van der Waals surface area contributed by atoms with E-state index >= 15 is 0 Å². The van der Waals surface area contributed by atoms with Crippen molar-refractivity contribution in [1.82, 2.24) is 4.90 Å². The fourth-order valence-electron chi connectivity index (χ4n) is 2.15. The smallest absolute Gasteiger partial charge is 0.244 e. The number of carbonyl (C=O) groups is 2. The van der Waals surface area contributed by atoms with Gasteiger partial charge in [0.05, 0.1) is 35.8 Å². The molecule has 0 radical (unpaired) electrons. The van der Waals surface area contributed by atoms with Crippen molar-refractivity contribution >= 4 is 40.7 Å². The highest BCUT2D eigenvalue weighted by Crippen LogP contribution is 2.29. The molecule has 5 nitrogen and oxygen atoms in total. The highest BCUT2D eigenvalue weighted by atomic mass is 35.5. The number of carbonyl (C=O) groups excluding carboxylic acids is 2. The van der Waals surface area contributed by atoms with Crippen LogP contribution in [-0.2, 0) is 16.0 Å². The number of ether oxygens (including phenoxy) is 1. The van der Waals surface area contributed by atoms with Crippen LogP contribution in [0.1, 0.15) is 5.56 Å². The van der Waals surface area contributed by atoms with E-state index in [0.29, 0.717) is 15.7 Å². The molecule has 132 valence electrons. The largest absolute Gasteiger partial charge is 0.497 e. The maximum Gasteiger partial charge on any atom is 0.244 e. The van der Waals surface area contributed by atoms with Crippen LogP contribution in [0.25, 0.3) is 0 Å². The number of hydrogen-bond donors (Lipinski definition) is 1. The lowest BCUT2D eigenvalue weighted by atomic mass is 10.1. The van der Waals surface area contributed by atoms with E-state index in [4.69, 9.17) is 27.9 Å². The molecule has 7 heteroatoms. The predicted octanol–water partition coefficient (Wildman–Crippen LogP) is 3.64. The molecule has 0 fully saturated rings. The average Bonchev–Trinajstić information content (AvgIpc) is 2.59. The minimum Gasteiger partial charge on any atom is -0.497 e. The molecule has 0 aromatic heterocycles. The fraction of sp³-hybridized carbons (Fsp3) is 0.222. The third-order valence-electron chi connectivity index (χ3n) is 3.55. The van der Waals surface area contributed by atoms with Crippen molar-refractivity contribution in [2.75, 3.05) is 26.0 Å². The van der Waals surface area contributed by atoms with Crippen LogP contribution in [0.4, 0.5) is 5.69 Å². The maximum absolute atomic E-state index is 12.3. The second-order valence-corrected chi connectivity index (χ2v) is 6.23. The molecule has 0 bridgehead atoms. The van der Waals surface area contributed by atoms with Crippen molar-refractivity contribution in [3.05, 3.63) is 58.1 Å². The minimum atomic E-state index is -0.374. The van der Waals surface area contributed by atoms with Crippen molar-refractivity contribution in [2.24, 2.45) is 0 Å². The number of likely N-dealkylation sites (N-methyl/N-ethyl adjacent to an activating group) is 1. The molecular formula is C18H18Cl2N2O3. The van der Waals surface area contributed by atoms with Gasteiger partial charge in [-0.05, 0) is 29.8 Å². The van der Waals surface area contributed by atoms with Crippen LogP contribution in [0.15, 0.2) is 42.5 Å². The van der Waals surface area contributed by atoms with Crippen LogP contribution in [-0.4, -0.2) is 37.4 Å². The van der Waals surface area contributed by atoms with Gasteiger partial charge in [0.25, 0.3) is 0 Å². The van der Waals surface area contributed by atoms with Crippen molar-refractivity contribution in [3.8, 4) is 5.75 Å². The molecule has 2 amide bonds. The highest BCUT2D eigenvalue weighted by Gasteiger charge is 2.15. The standard InChI is InChI=1S/C18H18Cl2N2O3/c1-22(17(24)10-12-6-8-13(25-2)9-7-12)11-16(23)21-18-14(19)4-3-5-15(18)20/h3-9H,10-11H2,1-2H3,(H,21,23). The maximum atomic E-state index is 12.3. The summed E-state index contributed by atoms with van der Waals surface area (Å²) in [6.07, 6.45) is 0.195. The molecule has 0 saturated heterocycles. The molecule has 2 aromatic rings. The lowest BCUT2D eigenvalue weighted by molar-refractivity contribution is -0.132. The van der Waals surface area contributed by atoms with Crippen molar-refractivity contribution < 1.29 is 14.3 Å². The first-order valence-corrected chi connectivity index (χ1v) is 8.27. The zero-order valence-electron chi connectivity index (χ0n) is 13.9. The first-order valence-electron chi connectivity index (χ1n) is 7.51. The molecular weight excluding hydrogens is 363 g/mol. The van der Waals surface area contributed by atoms with Gasteiger partial charge < -0.3 is 15.0 Å². The van der Waals surface area contributed by atoms with Crippen LogP contribution in [0.2, 0.25) is 10.0 Å². The van der Waals surface area contributed by atoms with E-state index in [2.05, 4.69) is 5.32 Å². The van der Waals surface area contributed by atoms with Crippen molar-refractivity contribution in [2.45, 2.75) is 6.42 Å². The normalized spacial score (nSPS) is 10.2. The van der Waals surface area contributed by atoms with Gasteiger partial charge in [-0.2, -0.15) is 0 Å². The van der Waals surface area contributed by atoms with Gasteiger partial charge in [-0.15, -0.1) is 0 Å². The minimum absolute atomic E-state index is 0.101. The SMILES string of the molecule is COc1ccc(CC(=O)N(C)CC(=O)Nc2c(Cl)cccc2Cl)cc1. The van der Waals surface area contributed by atoms with E-state index in [1.165, 1.54) is 4.90 Å². The van der Waals surface area contributed by atoms with Gasteiger partial charge in [-0.25, -0.2) is 0 Å². The molecule has 0 heterocycles. The molecule has 0 saturated carbocycles. The van der Waals surface area contributed by atoms with Crippen LogP contribution in [0, 0.1) is 0 Å². The van der Waals surface area contributed by atoms with Gasteiger partial charge in [0.15, 0.2) is 0 Å². The first kappa shape index (κ1) is 19.1. The predicted molar refractivity (Wildman–Crippen MR) is 99.4 cm³/mol. The van der Waals surface area contributed by atoms with Crippen molar-refractivity contribution in [3.63, 3.8) is 0 Å². The number of nitrogens with zero attached hydrogens (tertiary/aromatic N) is 1. The molecule has 25 heavy (non-hydrogen) atoms. The lowest BCUT2D eigenvalue weighted by Gasteiger charge is -2.17. The fourth-order valence-corrected chi connectivity index (χ4v) is 2.64. The molecule has 0 aliphatic heterocycles. The molecule has 0 atom stereocenters. The van der Waals surface area contributed by atoms with E-state index in [-0.39, 0.29) is 24.8 Å². The van der Waals surface area contributed by atoms with Gasteiger partial charge in [-0.3, -0.25) is 9.59 Å². The summed E-state index contributed by atoms with van der Waals surface area (Å²) in [5.41, 5.74) is 1.18. The third-order valence-corrected chi connectivity index (χ3v) is 4.18. The van der Waals surface area contributed by atoms with Gasteiger partial charge in [0, 0.05) is 7.05 Å². The molecule has 1 N–H and O–H groups in total. The summed E-state index contributed by atoms with van der Waals surface area (Å²) >= 11 is 12.0. The van der Waals surface area contributed by atoms with E-state index in [9.17, 15) is 9.59 Å². The monoisotopic (exact) mass is 380 g/mol.